The molecule has 12 heteroatoms. The fourth-order valence-corrected chi connectivity index (χ4v) is 8.00. The minimum atomic E-state index is -0.832. The van der Waals surface area contributed by atoms with Gasteiger partial charge in [0.25, 0.3) is 0 Å². The number of rotatable bonds is 15. The van der Waals surface area contributed by atoms with Crippen molar-refractivity contribution in [1.29, 1.82) is 5.26 Å². The molecule has 0 radical (unpaired) electrons. The van der Waals surface area contributed by atoms with Gasteiger partial charge in [0.15, 0.2) is 0 Å². The van der Waals surface area contributed by atoms with Crippen LogP contribution in [0.25, 0.3) is 11.1 Å². The lowest BCUT2D eigenvalue weighted by Gasteiger charge is -2.33. The van der Waals surface area contributed by atoms with Crippen LogP contribution in [-0.2, 0) is 34.0 Å². The van der Waals surface area contributed by atoms with Crippen molar-refractivity contribution in [2.24, 2.45) is 0 Å². The Labute approximate surface area is 327 Å². The van der Waals surface area contributed by atoms with Gasteiger partial charge in [0.1, 0.15) is 48.8 Å². The summed E-state index contributed by atoms with van der Waals surface area (Å²) in [6.07, 6.45) is 6.50. The minimum Gasteiger partial charge on any atom is -0.493 e. The molecule has 2 bridgehead atoms. The Morgan fingerprint density at radius 1 is 0.945 bits per heavy atom. The highest BCUT2D eigenvalue weighted by Gasteiger charge is 2.38. The first-order chi connectivity index (χ1) is 26.8. The van der Waals surface area contributed by atoms with E-state index in [0.29, 0.717) is 60.9 Å². The second-order valence-corrected chi connectivity index (χ2v) is 14.8. The summed E-state index contributed by atoms with van der Waals surface area (Å²) in [4.78, 5) is 20.6. The molecule has 0 saturated carbocycles. The largest absolute Gasteiger partial charge is 0.493 e. The molecule has 4 heterocycles. The maximum Gasteiger partial charge on any atom is 0.320 e. The van der Waals surface area contributed by atoms with Gasteiger partial charge in [-0.05, 0) is 85.7 Å². The lowest BCUT2D eigenvalue weighted by Crippen LogP contribution is -2.47. The number of halogens is 1. The molecule has 1 aromatic heterocycles. The number of aromatic nitrogens is 1. The maximum absolute atomic E-state index is 12.1. The molecule has 2 unspecified atom stereocenters. The van der Waals surface area contributed by atoms with Crippen LogP contribution >= 0.6 is 11.6 Å². The maximum atomic E-state index is 12.1. The summed E-state index contributed by atoms with van der Waals surface area (Å²) in [5.74, 6) is 1.01. The topological polar surface area (TPSA) is 127 Å². The van der Waals surface area contributed by atoms with Gasteiger partial charge in [0.2, 0.25) is 0 Å². The van der Waals surface area contributed by atoms with E-state index >= 15 is 0 Å². The number of likely N-dealkylation sites (tertiary alicyclic amines) is 1. The zero-order chi connectivity index (χ0) is 38.3. The third-order valence-electron chi connectivity index (χ3n) is 10.8. The summed E-state index contributed by atoms with van der Waals surface area (Å²) in [6.45, 7) is 9.26. The number of nitriles is 1. The monoisotopic (exact) mass is 766 g/mol. The van der Waals surface area contributed by atoms with Crippen molar-refractivity contribution in [2.45, 2.75) is 77.6 Å². The standard InChI is InChI=1S/C43H47ClN4O7/c1-28-32(8-5-9-35(28)36-10-6-12-39(29(36)2)52-15-7-14-48-34-25-51-27-42(48)55-26-34)24-54-41-18-40(53-23-31-16-30(19-45)20-46-21-31)33(17-37(41)44)22-47-13-4-3-11-38(47)43(49)50/h5-6,8-10,12,16-18,20-21,34,38,42H,3-4,7,11,13-15,22-27H2,1-2H3,(H,49,50)/t34?,38-,42?/m0/s1. The summed E-state index contributed by atoms with van der Waals surface area (Å²) in [5, 5.41) is 19.7. The van der Waals surface area contributed by atoms with Crippen LogP contribution in [0.2, 0.25) is 5.02 Å². The lowest BCUT2D eigenvalue weighted by molar-refractivity contribution is -0.144. The first-order valence-corrected chi connectivity index (χ1v) is 19.3. The second-order valence-electron chi connectivity index (χ2n) is 14.4. The first-order valence-electron chi connectivity index (χ1n) is 18.9. The first kappa shape index (κ1) is 38.6. The van der Waals surface area contributed by atoms with Crippen LogP contribution in [0.5, 0.6) is 17.2 Å². The second kappa shape index (κ2) is 17.8. The summed E-state index contributed by atoms with van der Waals surface area (Å²) in [6, 6.07) is 19.6. The fourth-order valence-electron chi connectivity index (χ4n) is 7.76. The molecule has 7 rings (SSSR count). The molecule has 55 heavy (non-hydrogen) atoms. The van der Waals surface area contributed by atoms with Gasteiger partial charge >= 0.3 is 5.97 Å². The molecular formula is C43H47ClN4O7. The van der Waals surface area contributed by atoms with Gasteiger partial charge in [0.05, 0.1) is 43.1 Å². The highest BCUT2D eigenvalue weighted by atomic mass is 35.5. The van der Waals surface area contributed by atoms with Crippen molar-refractivity contribution in [3.63, 3.8) is 0 Å². The van der Waals surface area contributed by atoms with E-state index in [1.54, 1.807) is 24.4 Å². The van der Waals surface area contributed by atoms with Gasteiger partial charge in [-0.15, -0.1) is 0 Å². The number of carboxylic acid groups (broad SMARTS) is 1. The number of hydrogen-bond donors (Lipinski definition) is 1. The van der Waals surface area contributed by atoms with Crippen LogP contribution in [0.3, 0.4) is 0 Å². The predicted molar refractivity (Wildman–Crippen MR) is 207 cm³/mol. The number of morpholine rings is 1. The number of ether oxygens (including phenoxy) is 5. The van der Waals surface area contributed by atoms with Crippen molar-refractivity contribution in [1.82, 2.24) is 14.8 Å². The highest BCUT2D eigenvalue weighted by Crippen LogP contribution is 2.37. The fraction of sp³-hybridized carbons (Fsp3) is 0.419. The molecule has 3 saturated heterocycles. The Balaban J connectivity index is 1.06. The van der Waals surface area contributed by atoms with E-state index in [2.05, 4.69) is 41.9 Å². The van der Waals surface area contributed by atoms with E-state index in [9.17, 15) is 15.2 Å². The zero-order valence-corrected chi connectivity index (χ0v) is 32.1. The number of carboxylic acids is 1. The number of benzene rings is 3. The van der Waals surface area contributed by atoms with Gasteiger partial charge in [-0.1, -0.05) is 48.4 Å². The lowest BCUT2D eigenvalue weighted by atomic mass is 9.93. The van der Waals surface area contributed by atoms with Crippen molar-refractivity contribution < 1.29 is 33.6 Å². The smallest absolute Gasteiger partial charge is 0.320 e. The van der Waals surface area contributed by atoms with E-state index in [1.807, 2.05) is 29.2 Å². The molecule has 0 aliphatic carbocycles. The predicted octanol–water partition coefficient (Wildman–Crippen LogP) is 7.31. The number of fused-ring (bicyclic) bond motifs is 2. The van der Waals surface area contributed by atoms with Crippen LogP contribution in [-0.4, -0.2) is 83.7 Å². The Morgan fingerprint density at radius 3 is 2.58 bits per heavy atom. The molecule has 0 spiro atoms. The van der Waals surface area contributed by atoms with Gasteiger partial charge < -0.3 is 28.8 Å². The molecule has 0 amide bonds. The Hall–Kier alpha value is -4.70. The molecule has 11 nitrogen and oxygen atoms in total. The summed E-state index contributed by atoms with van der Waals surface area (Å²) < 4.78 is 30.5. The molecule has 1 N–H and O–H groups in total. The number of hydrogen-bond acceptors (Lipinski definition) is 10. The number of piperidine rings is 1. The Morgan fingerprint density at radius 2 is 1.76 bits per heavy atom. The van der Waals surface area contributed by atoms with Crippen LogP contribution in [0.4, 0.5) is 0 Å². The SMILES string of the molecule is Cc1c(COc2cc(OCc3cncc(C#N)c3)c(CN3CCCC[C@H]3C(=O)O)cc2Cl)cccc1-c1cccc(OCCCN2C3COCC2OC3)c1C. The molecule has 3 aliphatic heterocycles. The summed E-state index contributed by atoms with van der Waals surface area (Å²) in [7, 11) is 0. The van der Waals surface area contributed by atoms with E-state index in [1.165, 1.54) is 6.20 Å². The summed E-state index contributed by atoms with van der Waals surface area (Å²) >= 11 is 6.87. The van der Waals surface area contributed by atoms with Crippen molar-refractivity contribution in [3.05, 3.63) is 105 Å². The molecular weight excluding hydrogens is 720 g/mol. The molecule has 3 fully saturated rings. The van der Waals surface area contributed by atoms with Crippen LogP contribution < -0.4 is 14.2 Å². The number of carbonyl (C=O) groups is 1. The van der Waals surface area contributed by atoms with Crippen LogP contribution in [0, 0.1) is 25.2 Å². The van der Waals surface area contributed by atoms with Crippen LogP contribution in [0.15, 0.2) is 67.0 Å². The van der Waals surface area contributed by atoms with Gasteiger partial charge in [0, 0.05) is 42.7 Å². The Kier molecular flexibility index (Phi) is 12.5. The van der Waals surface area contributed by atoms with Gasteiger partial charge in [-0.2, -0.15) is 5.26 Å². The Bertz CT molecular complexity index is 2020. The average molecular weight is 767 g/mol. The van der Waals surface area contributed by atoms with E-state index in [0.717, 1.165) is 83.7 Å². The third-order valence-corrected chi connectivity index (χ3v) is 11.1. The van der Waals surface area contributed by atoms with Gasteiger partial charge in [-0.3, -0.25) is 19.6 Å². The summed E-state index contributed by atoms with van der Waals surface area (Å²) in [5.41, 5.74) is 7.29. The molecule has 3 atom stereocenters. The normalized spacial score (nSPS) is 19.9. The molecule has 3 aromatic carbocycles. The molecule has 4 aromatic rings. The number of pyridine rings is 1. The number of nitrogens with zero attached hydrogens (tertiary/aromatic N) is 4. The highest BCUT2D eigenvalue weighted by molar-refractivity contribution is 6.32. The minimum absolute atomic E-state index is 0.0591. The van der Waals surface area contributed by atoms with Gasteiger partial charge in [-0.25, -0.2) is 0 Å². The van der Waals surface area contributed by atoms with Crippen molar-refractivity contribution >= 4 is 17.6 Å². The third kappa shape index (κ3) is 9.07. The number of aliphatic carboxylic acids is 1. The van der Waals surface area contributed by atoms with E-state index < -0.39 is 12.0 Å². The van der Waals surface area contributed by atoms with E-state index in [-0.39, 0.29) is 19.4 Å². The van der Waals surface area contributed by atoms with Crippen molar-refractivity contribution in [2.75, 3.05) is 39.5 Å². The molecule has 288 valence electrons. The molecule has 3 aliphatic rings. The van der Waals surface area contributed by atoms with E-state index in [4.69, 9.17) is 35.3 Å². The quantitative estimate of drug-likeness (QED) is 0.122. The van der Waals surface area contributed by atoms with Crippen LogP contribution in [0.1, 0.15) is 59.1 Å². The average Bonchev–Trinajstić information content (AvgIpc) is 3.40. The van der Waals surface area contributed by atoms with Crippen molar-refractivity contribution in [3.8, 4) is 34.4 Å². The zero-order valence-electron chi connectivity index (χ0n) is 31.3.